The molecule has 1 N–H and O–H groups in total. The van der Waals surface area contributed by atoms with Crippen molar-refractivity contribution in [2.24, 2.45) is 0 Å². The summed E-state index contributed by atoms with van der Waals surface area (Å²) in [5.74, 6) is -0.944. The van der Waals surface area contributed by atoms with E-state index in [-0.39, 0.29) is 11.6 Å². The summed E-state index contributed by atoms with van der Waals surface area (Å²) in [6, 6.07) is 13.0. The standard InChI is InChI=1S/C16H15ClFNO/c1-2-15(11-6-5-7-12(17)10-11)19-16(20)13-8-3-4-9-14(13)18/h3-10,15H,2H2,1H3,(H,19,20). The topological polar surface area (TPSA) is 29.1 Å². The van der Waals surface area contributed by atoms with Gasteiger partial charge >= 0.3 is 0 Å². The van der Waals surface area contributed by atoms with Crippen molar-refractivity contribution in [1.29, 1.82) is 0 Å². The Hall–Kier alpha value is -1.87. The summed E-state index contributed by atoms with van der Waals surface area (Å²) >= 11 is 5.95. The molecule has 1 atom stereocenters. The molecular weight excluding hydrogens is 277 g/mol. The molecule has 0 bridgehead atoms. The Balaban J connectivity index is 2.19. The third-order valence-electron chi connectivity index (χ3n) is 3.08. The summed E-state index contributed by atoms with van der Waals surface area (Å²) in [5, 5.41) is 3.44. The van der Waals surface area contributed by atoms with E-state index in [9.17, 15) is 9.18 Å². The molecule has 0 saturated carbocycles. The van der Waals surface area contributed by atoms with Crippen LogP contribution in [0.15, 0.2) is 48.5 Å². The van der Waals surface area contributed by atoms with Crippen LogP contribution in [0.5, 0.6) is 0 Å². The van der Waals surface area contributed by atoms with Gasteiger partial charge in [-0.3, -0.25) is 4.79 Å². The number of amides is 1. The average Bonchev–Trinajstić information content (AvgIpc) is 2.45. The molecule has 2 rings (SSSR count). The van der Waals surface area contributed by atoms with E-state index in [1.165, 1.54) is 12.1 Å². The predicted octanol–water partition coefficient (Wildman–Crippen LogP) is 4.36. The highest BCUT2D eigenvalue weighted by atomic mass is 35.5. The second-order valence-corrected chi connectivity index (χ2v) is 4.91. The molecule has 0 saturated heterocycles. The molecule has 0 aromatic heterocycles. The van der Waals surface area contributed by atoms with E-state index < -0.39 is 11.7 Å². The molecule has 2 aromatic carbocycles. The van der Waals surface area contributed by atoms with E-state index in [0.717, 1.165) is 5.56 Å². The summed E-state index contributed by atoms with van der Waals surface area (Å²) in [7, 11) is 0. The van der Waals surface area contributed by atoms with Crippen molar-refractivity contribution in [1.82, 2.24) is 5.32 Å². The van der Waals surface area contributed by atoms with Gasteiger partial charge in [-0.15, -0.1) is 0 Å². The van der Waals surface area contributed by atoms with Crippen molar-refractivity contribution >= 4 is 17.5 Å². The number of hydrogen-bond donors (Lipinski definition) is 1. The average molecular weight is 292 g/mol. The second-order valence-electron chi connectivity index (χ2n) is 4.47. The fraction of sp³-hybridized carbons (Fsp3) is 0.188. The lowest BCUT2D eigenvalue weighted by Crippen LogP contribution is -2.28. The van der Waals surface area contributed by atoms with Crippen LogP contribution in [0, 0.1) is 5.82 Å². The Morgan fingerprint density at radius 1 is 1.25 bits per heavy atom. The van der Waals surface area contributed by atoms with Gasteiger partial charge < -0.3 is 5.32 Å². The SMILES string of the molecule is CCC(NC(=O)c1ccccc1F)c1cccc(Cl)c1. The first-order valence-corrected chi connectivity index (χ1v) is 6.80. The zero-order valence-electron chi connectivity index (χ0n) is 11.1. The van der Waals surface area contributed by atoms with Gasteiger partial charge in [0.1, 0.15) is 5.82 Å². The Bertz CT molecular complexity index is 615. The second kappa shape index (κ2) is 6.53. The lowest BCUT2D eigenvalue weighted by Gasteiger charge is -2.18. The molecule has 0 heterocycles. The monoisotopic (exact) mass is 291 g/mol. The number of rotatable bonds is 4. The molecule has 2 nitrogen and oxygen atoms in total. The van der Waals surface area contributed by atoms with E-state index >= 15 is 0 Å². The lowest BCUT2D eigenvalue weighted by atomic mass is 10.0. The molecule has 20 heavy (non-hydrogen) atoms. The van der Waals surface area contributed by atoms with Crippen LogP contribution in [0.4, 0.5) is 4.39 Å². The van der Waals surface area contributed by atoms with Gasteiger partial charge in [-0.05, 0) is 36.2 Å². The molecule has 2 aromatic rings. The summed E-state index contributed by atoms with van der Waals surface area (Å²) in [5.41, 5.74) is 0.956. The molecular formula is C16H15ClFNO. The van der Waals surface area contributed by atoms with Gasteiger partial charge in [0, 0.05) is 5.02 Å². The van der Waals surface area contributed by atoms with Crippen LogP contribution in [0.3, 0.4) is 0 Å². The van der Waals surface area contributed by atoms with Crippen LogP contribution in [-0.4, -0.2) is 5.91 Å². The maximum Gasteiger partial charge on any atom is 0.254 e. The van der Waals surface area contributed by atoms with E-state index in [1.807, 2.05) is 19.1 Å². The zero-order valence-corrected chi connectivity index (χ0v) is 11.8. The molecule has 4 heteroatoms. The Labute approximate surface area is 122 Å². The normalized spacial score (nSPS) is 11.9. The minimum atomic E-state index is -0.522. The van der Waals surface area contributed by atoms with Crippen molar-refractivity contribution in [3.05, 3.63) is 70.5 Å². The van der Waals surface area contributed by atoms with E-state index in [0.29, 0.717) is 11.4 Å². The van der Waals surface area contributed by atoms with Crippen molar-refractivity contribution in [3.63, 3.8) is 0 Å². The summed E-state index contributed by atoms with van der Waals surface area (Å²) in [6.07, 6.45) is 0.695. The Morgan fingerprint density at radius 2 is 2.00 bits per heavy atom. The number of halogens is 2. The molecule has 0 spiro atoms. The smallest absolute Gasteiger partial charge is 0.254 e. The molecule has 104 valence electrons. The van der Waals surface area contributed by atoms with Crippen molar-refractivity contribution in [3.8, 4) is 0 Å². The summed E-state index contributed by atoms with van der Waals surface area (Å²) in [6.45, 7) is 1.95. The fourth-order valence-corrected chi connectivity index (χ4v) is 2.22. The number of nitrogens with one attached hydrogen (secondary N) is 1. The maximum absolute atomic E-state index is 13.6. The number of carbonyl (C=O) groups is 1. The lowest BCUT2D eigenvalue weighted by molar-refractivity contribution is 0.0931. The van der Waals surface area contributed by atoms with Gasteiger partial charge in [-0.25, -0.2) is 4.39 Å². The molecule has 0 aliphatic carbocycles. The molecule has 0 fully saturated rings. The predicted molar refractivity (Wildman–Crippen MR) is 78.4 cm³/mol. The van der Waals surface area contributed by atoms with Crippen molar-refractivity contribution in [2.45, 2.75) is 19.4 Å². The fourth-order valence-electron chi connectivity index (χ4n) is 2.03. The van der Waals surface area contributed by atoms with Crippen molar-refractivity contribution in [2.75, 3.05) is 0 Å². The molecule has 1 unspecified atom stereocenters. The van der Waals surface area contributed by atoms with Crippen LogP contribution in [0.25, 0.3) is 0 Å². The number of hydrogen-bond acceptors (Lipinski definition) is 1. The van der Waals surface area contributed by atoms with Crippen LogP contribution in [0.2, 0.25) is 5.02 Å². The number of benzene rings is 2. The van der Waals surface area contributed by atoms with E-state index in [1.54, 1.807) is 24.3 Å². The van der Waals surface area contributed by atoms with Crippen molar-refractivity contribution < 1.29 is 9.18 Å². The minimum absolute atomic E-state index is 0.0491. The largest absolute Gasteiger partial charge is 0.345 e. The number of carbonyl (C=O) groups excluding carboxylic acids is 1. The molecule has 1 amide bonds. The third-order valence-corrected chi connectivity index (χ3v) is 3.32. The summed E-state index contributed by atoms with van der Waals surface area (Å²) in [4.78, 5) is 12.1. The maximum atomic E-state index is 13.6. The van der Waals surface area contributed by atoms with Gasteiger partial charge in [-0.2, -0.15) is 0 Å². The first kappa shape index (κ1) is 14.5. The quantitative estimate of drug-likeness (QED) is 0.891. The molecule has 0 radical (unpaired) electrons. The van der Waals surface area contributed by atoms with Crippen LogP contribution in [-0.2, 0) is 0 Å². The van der Waals surface area contributed by atoms with Gasteiger partial charge in [-0.1, -0.05) is 42.8 Å². The van der Waals surface area contributed by atoms with Crippen LogP contribution in [0.1, 0.15) is 35.3 Å². The highest BCUT2D eigenvalue weighted by Crippen LogP contribution is 2.21. The minimum Gasteiger partial charge on any atom is -0.345 e. The molecule has 0 aliphatic heterocycles. The van der Waals surface area contributed by atoms with Crippen LogP contribution < -0.4 is 5.32 Å². The summed E-state index contributed by atoms with van der Waals surface area (Å²) < 4.78 is 13.6. The first-order chi connectivity index (χ1) is 9.61. The molecule has 0 aliphatic rings. The zero-order chi connectivity index (χ0) is 14.5. The first-order valence-electron chi connectivity index (χ1n) is 6.42. The highest BCUT2D eigenvalue weighted by molar-refractivity contribution is 6.30. The van der Waals surface area contributed by atoms with E-state index in [2.05, 4.69) is 5.32 Å². The Kier molecular flexibility index (Phi) is 4.74. The van der Waals surface area contributed by atoms with Gasteiger partial charge in [0.05, 0.1) is 11.6 Å². The van der Waals surface area contributed by atoms with Gasteiger partial charge in [0.25, 0.3) is 5.91 Å². The third kappa shape index (κ3) is 3.36. The highest BCUT2D eigenvalue weighted by Gasteiger charge is 2.16. The van der Waals surface area contributed by atoms with E-state index in [4.69, 9.17) is 11.6 Å². The Morgan fingerprint density at radius 3 is 2.65 bits per heavy atom. The van der Waals surface area contributed by atoms with Crippen LogP contribution >= 0.6 is 11.6 Å². The van der Waals surface area contributed by atoms with Gasteiger partial charge in [0.2, 0.25) is 0 Å². The van der Waals surface area contributed by atoms with Gasteiger partial charge in [0.15, 0.2) is 0 Å².